The normalized spacial score (nSPS) is 28.9. The van der Waals surface area contributed by atoms with Gasteiger partial charge >= 0.3 is 5.97 Å². The summed E-state index contributed by atoms with van der Waals surface area (Å²) in [6, 6.07) is 7.47. The first-order valence-electron chi connectivity index (χ1n) is 16.3. The lowest BCUT2D eigenvalue weighted by molar-refractivity contribution is -0.180. The summed E-state index contributed by atoms with van der Waals surface area (Å²) in [4.78, 5) is 28.7. The van der Waals surface area contributed by atoms with E-state index in [4.69, 9.17) is 19.3 Å². The van der Waals surface area contributed by atoms with E-state index in [-0.39, 0.29) is 35.3 Å². The van der Waals surface area contributed by atoms with Crippen LogP contribution in [0.2, 0.25) is 0 Å². The summed E-state index contributed by atoms with van der Waals surface area (Å²) in [6.07, 6.45) is 10.1. The molecule has 4 bridgehead atoms. The smallest absolute Gasteiger partial charge is 0.332 e. The Hall–Kier alpha value is -2.82. The number of carbonyl (C=O) groups is 2. The zero-order valence-electron chi connectivity index (χ0n) is 27.5. The van der Waals surface area contributed by atoms with Crippen LogP contribution in [0, 0.1) is 35.5 Å². The highest BCUT2D eigenvalue weighted by Gasteiger charge is 2.63. The fourth-order valence-corrected chi connectivity index (χ4v) is 9.24. The number of allylic oxidation sites excluding steroid dienone is 4. The summed E-state index contributed by atoms with van der Waals surface area (Å²) in [6.45, 7) is 10.1. The third-order valence-electron chi connectivity index (χ3n) is 10.4. The third kappa shape index (κ3) is 5.82. The Kier molecular flexibility index (Phi) is 8.63. The van der Waals surface area contributed by atoms with Crippen LogP contribution in [0.25, 0.3) is 17.0 Å². The molecule has 1 atom stereocenters. The monoisotopic (exact) mass is 727 g/mol. The third-order valence-corrected chi connectivity index (χ3v) is 11.2. The maximum absolute atomic E-state index is 14.5. The minimum Gasteiger partial charge on any atom is -0.496 e. The lowest BCUT2D eigenvalue weighted by Crippen LogP contribution is -2.71. The molecule has 0 spiro atoms. The second-order valence-electron chi connectivity index (χ2n) is 14.8. The van der Waals surface area contributed by atoms with Gasteiger partial charge in [-0.25, -0.2) is 9.48 Å². The highest BCUT2D eigenvalue weighted by atomic mass is 127. The predicted octanol–water partition coefficient (Wildman–Crippen LogP) is 7.67. The highest BCUT2D eigenvalue weighted by molar-refractivity contribution is 14.1. The van der Waals surface area contributed by atoms with Gasteiger partial charge in [0.15, 0.2) is 5.69 Å². The Morgan fingerprint density at radius 1 is 1.00 bits per heavy atom. The van der Waals surface area contributed by atoms with E-state index in [1.807, 2.05) is 49.7 Å². The van der Waals surface area contributed by atoms with Crippen molar-refractivity contribution in [3.63, 3.8) is 0 Å². The van der Waals surface area contributed by atoms with Crippen LogP contribution in [0.15, 0.2) is 40.0 Å². The molecule has 5 aliphatic carbocycles. The van der Waals surface area contributed by atoms with E-state index < -0.39 is 11.1 Å². The number of carbonyl (C=O) groups excluding carboxylic acids is 2. The van der Waals surface area contributed by atoms with E-state index in [0.29, 0.717) is 34.9 Å². The highest BCUT2D eigenvalue weighted by Crippen LogP contribution is 2.59. The van der Waals surface area contributed by atoms with Crippen molar-refractivity contribution in [3.05, 3.63) is 45.7 Å². The molecule has 0 aliphatic heterocycles. The van der Waals surface area contributed by atoms with Crippen LogP contribution in [-0.2, 0) is 9.53 Å². The molecule has 1 heterocycles. The summed E-state index contributed by atoms with van der Waals surface area (Å²) in [7, 11) is 3.26. The molecule has 1 unspecified atom stereocenters. The standard InChI is InChI=1S/C36H46IN3O5/c1-20(2)26-18-25(37)11-12-28(26)40-29(32-30(43-6)9-8-10-31(32)44-7)19-27(39-40)33(41)38-36(34(42)45-35(3,4)5)23-14-21-13-22(16-23)17-24(36)15-21/h8-12,19-24,26H,13-18H2,1-7H3,(H,38,41). The molecule has 1 amide bonds. The van der Waals surface area contributed by atoms with Crippen LogP contribution < -0.4 is 14.8 Å². The topological polar surface area (TPSA) is 91.7 Å². The van der Waals surface area contributed by atoms with Crippen molar-refractivity contribution >= 4 is 40.2 Å². The van der Waals surface area contributed by atoms with Gasteiger partial charge in [0.05, 0.1) is 25.5 Å². The fourth-order valence-electron chi connectivity index (χ4n) is 8.59. The number of amides is 1. The van der Waals surface area contributed by atoms with Crippen LogP contribution in [0.5, 0.6) is 11.5 Å². The van der Waals surface area contributed by atoms with Gasteiger partial charge in [-0.3, -0.25) is 4.79 Å². The number of rotatable bonds is 8. The molecule has 2 aromatic rings. The van der Waals surface area contributed by atoms with Crippen molar-refractivity contribution in [1.82, 2.24) is 15.1 Å². The maximum Gasteiger partial charge on any atom is 0.332 e. The van der Waals surface area contributed by atoms with E-state index in [2.05, 4.69) is 53.9 Å². The van der Waals surface area contributed by atoms with E-state index in [1.165, 1.54) is 10.0 Å². The Labute approximate surface area is 280 Å². The molecule has 1 aromatic heterocycles. The number of ether oxygens (including phenoxy) is 3. The van der Waals surface area contributed by atoms with Crippen LogP contribution >= 0.6 is 22.6 Å². The maximum atomic E-state index is 14.5. The second-order valence-corrected chi connectivity index (χ2v) is 16.1. The zero-order chi connectivity index (χ0) is 32.3. The predicted molar refractivity (Wildman–Crippen MR) is 183 cm³/mol. The van der Waals surface area contributed by atoms with Gasteiger partial charge in [-0.2, -0.15) is 5.10 Å². The quantitative estimate of drug-likeness (QED) is 0.222. The molecular weight excluding hydrogens is 681 g/mol. The number of hydrogen-bond donors (Lipinski definition) is 1. The van der Waals surface area contributed by atoms with Gasteiger partial charge in [-0.15, -0.1) is 0 Å². The number of nitrogens with one attached hydrogen (secondary N) is 1. The van der Waals surface area contributed by atoms with Crippen LogP contribution in [-0.4, -0.2) is 47.0 Å². The summed E-state index contributed by atoms with van der Waals surface area (Å²) < 4.78 is 20.9. The summed E-state index contributed by atoms with van der Waals surface area (Å²) in [5, 5.41) is 8.33. The summed E-state index contributed by atoms with van der Waals surface area (Å²) in [5.74, 6) is 2.46. The number of methoxy groups -OCH3 is 2. The van der Waals surface area contributed by atoms with Crippen LogP contribution in [0.4, 0.5) is 0 Å². The van der Waals surface area contributed by atoms with Crippen LogP contribution in [0.1, 0.15) is 83.6 Å². The molecule has 9 heteroatoms. The minimum atomic E-state index is -1.06. The van der Waals surface area contributed by atoms with Crippen molar-refractivity contribution in [2.24, 2.45) is 35.5 Å². The van der Waals surface area contributed by atoms with Gasteiger partial charge in [-0.05, 0) is 139 Å². The molecule has 1 N–H and O–H groups in total. The molecule has 8 nitrogen and oxygen atoms in total. The summed E-state index contributed by atoms with van der Waals surface area (Å²) in [5.41, 5.74) is 0.952. The van der Waals surface area contributed by atoms with Crippen molar-refractivity contribution in [2.75, 3.05) is 14.2 Å². The molecule has 242 valence electrons. The zero-order valence-corrected chi connectivity index (χ0v) is 29.6. The average Bonchev–Trinajstić information content (AvgIpc) is 3.42. The Morgan fingerprint density at radius 3 is 2.13 bits per heavy atom. The Bertz CT molecular complexity index is 1500. The Morgan fingerprint density at radius 2 is 1.60 bits per heavy atom. The first-order chi connectivity index (χ1) is 21.3. The van der Waals surface area contributed by atoms with Gasteiger partial charge in [-0.1, -0.05) is 26.0 Å². The lowest BCUT2D eigenvalue weighted by Gasteiger charge is -2.59. The van der Waals surface area contributed by atoms with Crippen molar-refractivity contribution in [3.8, 4) is 22.8 Å². The number of hydrogen-bond acceptors (Lipinski definition) is 6. The number of benzene rings is 1. The first-order valence-corrected chi connectivity index (χ1v) is 17.4. The van der Waals surface area contributed by atoms with Gasteiger partial charge in [0.25, 0.3) is 5.91 Å². The molecule has 4 saturated carbocycles. The molecule has 0 radical (unpaired) electrons. The fraction of sp³-hybridized carbons (Fsp3) is 0.583. The van der Waals surface area contributed by atoms with E-state index in [1.54, 1.807) is 14.2 Å². The number of halogens is 1. The number of esters is 1. The molecule has 5 aliphatic rings. The van der Waals surface area contributed by atoms with E-state index in [9.17, 15) is 9.59 Å². The van der Waals surface area contributed by atoms with Gasteiger partial charge in [0, 0.05) is 11.6 Å². The van der Waals surface area contributed by atoms with Gasteiger partial charge < -0.3 is 19.5 Å². The second kappa shape index (κ2) is 12.1. The molecule has 7 rings (SSSR count). The van der Waals surface area contributed by atoms with Crippen molar-refractivity contribution < 1.29 is 23.8 Å². The van der Waals surface area contributed by atoms with Crippen molar-refractivity contribution in [2.45, 2.75) is 84.3 Å². The average molecular weight is 728 g/mol. The van der Waals surface area contributed by atoms with E-state index in [0.717, 1.165) is 43.4 Å². The molecule has 4 fully saturated rings. The lowest BCUT2D eigenvalue weighted by atomic mass is 9.48. The van der Waals surface area contributed by atoms with Gasteiger partial charge in [0.1, 0.15) is 22.6 Å². The minimum absolute atomic E-state index is 0.0574. The largest absolute Gasteiger partial charge is 0.496 e. The number of aromatic nitrogens is 2. The Balaban J connectivity index is 1.47. The van der Waals surface area contributed by atoms with Crippen molar-refractivity contribution in [1.29, 1.82) is 0 Å². The SMILES string of the molecule is COc1cccc(OC)c1-c1cc(C(=O)NC2(C(=O)OC(C)(C)C)C3CC4CC(C3)CC2C4)nn1C1=CC=C(I)CC1C(C)C. The van der Waals surface area contributed by atoms with E-state index >= 15 is 0 Å². The summed E-state index contributed by atoms with van der Waals surface area (Å²) >= 11 is 2.40. The van der Waals surface area contributed by atoms with Crippen LogP contribution in [0.3, 0.4) is 0 Å². The molecular formula is C36H46IN3O5. The molecule has 0 saturated heterocycles. The first kappa shape index (κ1) is 32.1. The number of nitrogens with zero attached hydrogens (tertiary/aromatic N) is 2. The van der Waals surface area contributed by atoms with Gasteiger partial charge in [0.2, 0.25) is 0 Å². The molecule has 1 aromatic carbocycles. The molecule has 45 heavy (non-hydrogen) atoms.